The van der Waals surface area contributed by atoms with Gasteiger partial charge in [-0.2, -0.15) is 0 Å². The van der Waals surface area contributed by atoms with Gasteiger partial charge in [-0.3, -0.25) is 9.20 Å². The van der Waals surface area contributed by atoms with Crippen LogP contribution in [0.2, 0.25) is 0 Å². The molecule has 0 fully saturated rings. The molecule has 0 aliphatic carbocycles. The second-order valence-corrected chi connectivity index (χ2v) is 6.47. The van der Waals surface area contributed by atoms with E-state index in [1.54, 1.807) is 0 Å². The average molecular weight is 359 g/mol. The highest BCUT2D eigenvalue weighted by molar-refractivity contribution is 6.04. The molecule has 0 saturated carbocycles. The standard InChI is InChI=1S/C22H18FN3O/c1-15-7-12-20-24-19(13-16-5-3-2-4-6-16)21(26(20)14-15)25-22(27)17-8-10-18(23)11-9-17/h2-12,14H,13H2,1H3,(H,25,27). The first-order valence-corrected chi connectivity index (χ1v) is 8.68. The van der Waals surface area contributed by atoms with Gasteiger partial charge in [0.05, 0.1) is 5.69 Å². The minimum Gasteiger partial charge on any atom is -0.306 e. The molecule has 4 rings (SSSR count). The van der Waals surface area contributed by atoms with Gasteiger partial charge in [0.15, 0.2) is 0 Å². The highest BCUT2D eigenvalue weighted by Crippen LogP contribution is 2.23. The summed E-state index contributed by atoms with van der Waals surface area (Å²) in [5.74, 6) is -0.0405. The molecule has 2 aromatic carbocycles. The number of rotatable bonds is 4. The number of carbonyl (C=O) groups excluding carboxylic acids is 1. The number of halogens is 1. The van der Waals surface area contributed by atoms with E-state index in [2.05, 4.69) is 5.32 Å². The number of benzene rings is 2. The first-order valence-electron chi connectivity index (χ1n) is 8.68. The molecule has 0 aliphatic rings. The molecule has 4 nitrogen and oxygen atoms in total. The third kappa shape index (κ3) is 3.58. The lowest BCUT2D eigenvalue weighted by molar-refractivity contribution is 0.102. The number of hydrogen-bond acceptors (Lipinski definition) is 2. The minimum absolute atomic E-state index is 0.299. The Morgan fingerprint density at radius 2 is 1.78 bits per heavy atom. The number of imidazole rings is 1. The third-order valence-electron chi connectivity index (χ3n) is 4.39. The quantitative estimate of drug-likeness (QED) is 0.578. The number of aromatic nitrogens is 2. The number of aryl methyl sites for hydroxylation is 1. The van der Waals surface area contributed by atoms with E-state index in [0.29, 0.717) is 17.8 Å². The number of pyridine rings is 1. The molecular weight excluding hydrogens is 341 g/mol. The maximum absolute atomic E-state index is 13.1. The summed E-state index contributed by atoms with van der Waals surface area (Å²) in [5.41, 5.74) is 4.10. The zero-order valence-corrected chi connectivity index (χ0v) is 14.8. The van der Waals surface area contributed by atoms with Crippen LogP contribution in [0.25, 0.3) is 5.65 Å². The van der Waals surface area contributed by atoms with Crippen LogP contribution in [0.4, 0.5) is 10.2 Å². The van der Waals surface area contributed by atoms with Gasteiger partial charge in [0.2, 0.25) is 0 Å². The fraction of sp³-hybridized carbons (Fsp3) is 0.0909. The summed E-state index contributed by atoms with van der Waals surface area (Å²) in [6, 6.07) is 19.4. The summed E-state index contributed by atoms with van der Waals surface area (Å²) in [4.78, 5) is 17.4. The Bertz CT molecular complexity index is 1100. The van der Waals surface area contributed by atoms with E-state index in [1.165, 1.54) is 24.3 Å². The molecule has 5 heteroatoms. The summed E-state index contributed by atoms with van der Waals surface area (Å²) < 4.78 is 15.0. The minimum atomic E-state index is -0.373. The highest BCUT2D eigenvalue weighted by Gasteiger charge is 2.16. The van der Waals surface area contributed by atoms with Crippen LogP contribution in [-0.4, -0.2) is 15.3 Å². The lowest BCUT2D eigenvalue weighted by Gasteiger charge is -2.08. The number of amides is 1. The number of nitrogens with one attached hydrogen (secondary N) is 1. The van der Waals surface area contributed by atoms with Crippen molar-refractivity contribution in [2.45, 2.75) is 13.3 Å². The van der Waals surface area contributed by atoms with Crippen molar-refractivity contribution in [3.63, 3.8) is 0 Å². The van der Waals surface area contributed by atoms with Gasteiger partial charge in [-0.25, -0.2) is 9.37 Å². The van der Waals surface area contributed by atoms with Crippen LogP contribution in [0, 0.1) is 12.7 Å². The summed E-state index contributed by atoms with van der Waals surface area (Å²) >= 11 is 0. The van der Waals surface area contributed by atoms with Gasteiger partial charge in [-0.1, -0.05) is 36.4 Å². The largest absolute Gasteiger partial charge is 0.306 e. The average Bonchev–Trinajstić information content (AvgIpc) is 2.99. The molecule has 2 heterocycles. The van der Waals surface area contributed by atoms with Gasteiger partial charge >= 0.3 is 0 Å². The van der Waals surface area contributed by atoms with Crippen molar-refractivity contribution in [1.82, 2.24) is 9.38 Å². The summed E-state index contributed by atoms with van der Waals surface area (Å²) in [7, 11) is 0. The van der Waals surface area contributed by atoms with Crippen molar-refractivity contribution in [3.8, 4) is 0 Å². The van der Waals surface area contributed by atoms with Crippen molar-refractivity contribution in [2.24, 2.45) is 0 Å². The molecule has 1 N–H and O–H groups in total. The number of fused-ring (bicyclic) bond motifs is 1. The normalized spacial score (nSPS) is 10.9. The predicted molar refractivity (Wildman–Crippen MR) is 104 cm³/mol. The molecular formula is C22H18FN3O. The number of hydrogen-bond donors (Lipinski definition) is 1. The second kappa shape index (κ2) is 7.03. The number of nitrogens with zero attached hydrogens (tertiary/aromatic N) is 2. The van der Waals surface area contributed by atoms with Crippen molar-refractivity contribution >= 4 is 17.4 Å². The molecule has 0 aliphatic heterocycles. The number of carbonyl (C=O) groups is 1. The van der Waals surface area contributed by atoms with E-state index >= 15 is 0 Å². The monoisotopic (exact) mass is 359 g/mol. The Balaban J connectivity index is 1.74. The fourth-order valence-corrected chi connectivity index (χ4v) is 3.03. The summed E-state index contributed by atoms with van der Waals surface area (Å²) in [5, 5.41) is 2.96. The van der Waals surface area contributed by atoms with E-state index < -0.39 is 0 Å². The Morgan fingerprint density at radius 3 is 2.52 bits per heavy atom. The van der Waals surface area contributed by atoms with E-state index in [-0.39, 0.29) is 11.7 Å². The van der Waals surface area contributed by atoms with Crippen LogP contribution in [0.5, 0.6) is 0 Å². The third-order valence-corrected chi connectivity index (χ3v) is 4.39. The van der Waals surface area contributed by atoms with Crippen LogP contribution in [0.15, 0.2) is 72.9 Å². The van der Waals surface area contributed by atoms with Crippen LogP contribution in [0.3, 0.4) is 0 Å². The Hall–Kier alpha value is -3.47. The Labute approximate surface area is 156 Å². The first-order chi connectivity index (χ1) is 13.1. The lowest BCUT2D eigenvalue weighted by Crippen LogP contribution is -2.15. The number of anilines is 1. The van der Waals surface area contributed by atoms with Crippen molar-refractivity contribution in [1.29, 1.82) is 0 Å². The van der Waals surface area contributed by atoms with Crippen molar-refractivity contribution in [2.75, 3.05) is 5.32 Å². The topological polar surface area (TPSA) is 46.4 Å². The predicted octanol–water partition coefficient (Wildman–Crippen LogP) is 4.62. The van der Waals surface area contributed by atoms with Crippen LogP contribution >= 0.6 is 0 Å². The van der Waals surface area contributed by atoms with Gasteiger partial charge in [0.1, 0.15) is 17.3 Å². The molecule has 0 spiro atoms. The van der Waals surface area contributed by atoms with Crippen molar-refractivity contribution in [3.05, 3.63) is 101 Å². The molecule has 2 aromatic heterocycles. The smallest absolute Gasteiger partial charge is 0.256 e. The first kappa shape index (κ1) is 17.0. The zero-order chi connectivity index (χ0) is 18.8. The second-order valence-electron chi connectivity index (χ2n) is 6.47. The van der Waals surface area contributed by atoms with Gasteiger partial charge in [0, 0.05) is 18.2 Å². The maximum Gasteiger partial charge on any atom is 0.256 e. The molecule has 0 saturated heterocycles. The molecule has 27 heavy (non-hydrogen) atoms. The van der Waals surface area contributed by atoms with Gasteiger partial charge in [0.25, 0.3) is 5.91 Å². The van der Waals surface area contributed by atoms with Crippen LogP contribution in [0.1, 0.15) is 27.2 Å². The van der Waals surface area contributed by atoms with E-state index in [0.717, 1.165) is 22.5 Å². The molecule has 1 amide bonds. The van der Waals surface area contributed by atoms with E-state index in [9.17, 15) is 9.18 Å². The maximum atomic E-state index is 13.1. The van der Waals surface area contributed by atoms with Crippen LogP contribution in [-0.2, 0) is 6.42 Å². The Morgan fingerprint density at radius 1 is 1.04 bits per heavy atom. The Kier molecular flexibility index (Phi) is 4.42. The van der Waals surface area contributed by atoms with Gasteiger partial charge in [-0.15, -0.1) is 0 Å². The molecule has 0 atom stereocenters. The van der Waals surface area contributed by atoms with E-state index in [4.69, 9.17) is 4.98 Å². The molecule has 0 unspecified atom stereocenters. The van der Waals surface area contributed by atoms with Crippen molar-refractivity contribution < 1.29 is 9.18 Å². The van der Waals surface area contributed by atoms with Gasteiger partial charge in [-0.05, 0) is 48.4 Å². The van der Waals surface area contributed by atoms with Gasteiger partial charge < -0.3 is 5.32 Å². The molecule has 0 radical (unpaired) electrons. The fourth-order valence-electron chi connectivity index (χ4n) is 3.03. The SMILES string of the molecule is Cc1ccc2nc(Cc3ccccc3)c(NC(=O)c3ccc(F)cc3)n2c1. The molecule has 0 bridgehead atoms. The molecule has 134 valence electrons. The molecule has 4 aromatic rings. The summed E-state index contributed by atoms with van der Waals surface area (Å²) in [6.45, 7) is 1.99. The van der Waals surface area contributed by atoms with E-state index in [1.807, 2.05) is 60.0 Å². The highest BCUT2D eigenvalue weighted by atomic mass is 19.1. The van der Waals surface area contributed by atoms with Crippen LogP contribution < -0.4 is 5.32 Å². The summed E-state index contributed by atoms with van der Waals surface area (Å²) in [6.07, 6.45) is 2.54. The zero-order valence-electron chi connectivity index (χ0n) is 14.8. The lowest BCUT2D eigenvalue weighted by atomic mass is 10.1.